The van der Waals surface area contributed by atoms with Gasteiger partial charge in [0.15, 0.2) is 24.8 Å². The Morgan fingerprint density at radius 2 is 0.903 bits per heavy atom. The molecule has 0 aliphatic heterocycles. The lowest BCUT2D eigenvalue weighted by Crippen LogP contribution is -2.49. The fourth-order valence-electron chi connectivity index (χ4n) is 3.84. The summed E-state index contributed by atoms with van der Waals surface area (Å²) in [6.07, 6.45) is 26.4. The number of pyridine rings is 2. The van der Waals surface area contributed by atoms with E-state index in [4.69, 9.17) is 0 Å². The lowest BCUT2D eigenvalue weighted by molar-refractivity contribution is -0.912. The van der Waals surface area contributed by atoms with Crippen molar-refractivity contribution in [3.8, 4) is 0 Å². The van der Waals surface area contributed by atoms with Crippen LogP contribution < -0.4 is 18.3 Å². The molecule has 0 N–H and O–H groups in total. The van der Waals surface area contributed by atoms with Gasteiger partial charge in [0.1, 0.15) is 37.9 Å². The van der Waals surface area contributed by atoms with E-state index in [1.165, 1.54) is 25.7 Å². The standard InChI is InChI=1S/C25H34N6/c1-3-11-26(12-4-1)15-7-9-17-28-19-21-30(23-28)25-31-22-20-29(24-31)18-10-8-16-27-13-5-2-6-14-27/h1-6,11-14,19-24H,7-10,15-18,25H2/q+4. The van der Waals surface area contributed by atoms with Gasteiger partial charge in [-0.3, -0.25) is 0 Å². The van der Waals surface area contributed by atoms with Crippen molar-refractivity contribution in [2.45, 2.75) is 58.5 Å². The molecule has 0 spiro atoms. The summed E-state index contributed by atoms with van der Waals surface area (Å²) in [4.78, 5) is 0. The topological polar surface area (TPSA) is 25.4 Å². The van der Waals surface area contributed by atoms with E-state index in [9.17, 15) is 0 Å². The van der Waals surface area contributed by atoms with Gasteiger partial charge in [0.05, 0.1) is 13.1 Å². The van der Waals surface area contributed by atoms with Gasteiger partial charge in [0.25, 0.3) is 0 Å². The maximum Gasteiger partial charge on any atom is 0.246 e. The van der Waals surface area contributed by atoms with Crippen molar-refractivity contribution in [3.63, 3.8) is 0 Å². The van der Waals surface area contributed by atoms with E-state index in [0.29, 0.717) is 0 Å². The van der Waals surface area contributed by atoms with Gasteiger partial charge in [0.2, 0.25) is 19.3 Å². The normalized spacial score (nSPS) is 11.1. The quantitative estimate of drug-likeness (QED) is 0.248. The highest BCUT2D eigenvalue weighted by atomic mass is 15.2. The summed E-state index contributed by atoms with van der Waals surface area (Å²) >= 11 is 0. The first-order valence-electron chi connectivity index (χ1n) is 11.3. The molecule has 0 bridgehead atoms. The predicted molar refractivity (Wildman–Crippen MR) is 116 cm³/mol. The smallest absolute Gasteiger partial charge is 0.237 e. The van der Waals surface area contributed by atoms with Gasteiger partial charge < -0.3 is 0 Å². The number of imidazole rings is 2. The van der Waals surface area contributed by atoms with Crippen molar-refractivity contribution in [1.82, 2.24) is 9.13 Å². The number of nitrogens with zero attached hydrogens (tertiary/aromatic N) is 6. The Labute approximate surface area is 184 Å². The summed E-state index contributed by atoms with van der Waals surface area (Å²) in [5.41, 5.74) is 0. The number of aryl methyl sites for hydroxylation is 4. The van der Waals surface area contributed by atoms with Crippen molar-refractivity contribution >= 4 is 0 Å². The summed E-state index contributed by atoms with van der Waals surface area (Å²) < 4.78 is 13.5. The molecule has 0 radical (unpaired) electrons. The predicted octanol–water partition coefficient (Wildman–Crippen LogP) is 1.91. The zero-order valence-electron chi connectivity index (χ0n) is 18.3. The molecule has 4 aromatic rings. The van der Waals surface area contributed by atoms with Gasteiger partial charge in [0, 0.05) is 37.1 Å². The van der Waals surface area contributed by atoms with Crippen LogP contribution in [0.4, 0.5) is 0 Å². The van der Waals surface area contributed by atoms with Crippen LogP contribution in [0, 0.1) is 0 Å². The summed E-state index contributed by atoms with van der Waals surface area (Å²) in [5, 5.41) is 0. The minimum Gasteiger partial charge on any atom is -0.237 e. The zero-order chi connectivity index (χ0) is 21.1. The van der Waals surface area contributed by atoms with E-state index in [1.54, 1.807) is 0 Å². The first kappa shape index (κ1) is 21.0. The average Bonchev–Trinajstić information content (AvgIpc) is 3.45. The van der Waals surface area contributed by atoms with Gasteiger partial charge >= 0.3 is 0 Å². The number of hydrogen-bond donors (Lipinski definition) is 0. The number of aromatic nitrogens is 6. The molecule has 0 amide bonds. The zero-order valence-corrected chi connectivity index (χ0v) is 18.3. The van der Waals surface area contributed by atoms with E-state index in [2.05, 4.69) is 126 Å². The maximum absolute atomic E-state index is 2.29. The maximum atomic E-state index is 2.29. The summed E-state index contributed by atoms with van der Waals surface area (Å²) in [5.74, 6) is 0. The minimum atomic E-state index is 0.847. The van der Waals surface area contributed by atoms with Crippen LogP contribution in [0.1, 0.15) is 25.7 Å². The van der Waals surface area contributed by atoms with Gasteiger partial charge in [-0.05, 0) is 12.8 Å². The lowest BCUT2D eigenvalue weighted by Gasteiger charge is -1.97. The molecule has 160 valence electrons. The SMILES string of the molecule is c1cc[n+](CCCCn2cc[n+](C[n+]3ccn(CCCC[n+]4ccccc4)c3)c2)cc1. The van der Waals surface area contributed by atoms with Crippen molar-refractivity contribution in [1.29, 1.82) is 0 Å². The van der Waals surface area contributed by atoms with Crippen LogP contribution in [0.25, 0.3) is 0 Å². The molecule has 4 rings (SSSR count). The molecule has 4 heterocycles. The van der Waals surface area contributed by atoms with Gasteiger partial charge in [-0.25, -0.2) is 18.3 Å². The monoisotopic (exact) mass is 418 g/mol. The van der Waals surface area contributed by atoms with E-state index in [-0.39, 0.29) is 0 Å². The van der Waals surface area contributed by atoms with Crippen molar-refractivity contribution in [2.75, 3.05) is 0 Å². The van der Waals surface area contributed by atoms with Crippen LogP contribution in [-0.4, -0.2) is 9.13 Å². The van der Waals surface area contributed by atoms with E-state index >= 15 is 0 Å². The molecule has 0 fully saturated rings. The average molecular weight is 419 g/mol. The molecule has 0 saturated carbocycles. The van der Waals surface area contributed by atoms with Crippen LogP contribution in [-0.2, 0) is 32.8 Å². The first-order chi connectivity index (χ1) is 15.3. The van der Waals surface area contributed by atoms with Gasteiger partial charge in [-0.15, -0.1) is 0 Å². The number of rotatable bonds is 12. The minimum absolute atomic E-state index is 0.847. The fraction of sp³-hybridized carbons (Fsp3) is 0.360. The lowest BCUT2D eigenvalue weighted by atomic mass is 10.3. The Bertz CT molecular complexity index is 939. The van der Waals surface area contributed by atoms with Crippen LogP contribution in [0.2, 0.25) is 0 Å². The Kier molecular flexibility index (Phi) is 7.58. The van der Waals surface area contributed by atoms with Crippen molar-refractivity contribution in [2.24, 2.45) is 0 Å². The molecule has 6 nitrogen and oxygen atoms in total. The van der Waals surface area contributed by atoms with Gasteiger partial charge in [-0.2, -0.15) is 9.13 Å². The molecule has 0 aromatic carbocycles. The molecule has 0 aliphatic rings. The highest BCUT2D eigenvalue weighted by Crippen LogP contribution is 1.96. The number of hydrogen-bond acceptors (Lipinski definition) is 0. The van der Waals surface area contributed by atoms with Gasteiger partial charge in [-0.1, -0.05) is 12.1 Å². The second-order valence-corrected chi connectivity index (χ2v) is 8.11. The Hall–Kier alpha value is -3.28. The van der Waals surface area contributed by atoms with Crippen LogP contribution in [0.15, 0.2) is 98.6 Å². The molecule has 0 aliphatic carbocycles. The molecule has 4 aromatic heterocycles. The number of unbranched alkanes of at least 4 members (excludes halogenated alkanes) is 2. The van der Waals surface area contributed by atoms with Crippen LogP contribution >= 0.6 is 0 Å². The van der Waals surface area contributed by atoms with E-state index < -0.39 is 0 Å². The highest BCUT2D eigenvalue weighted by Gasteiger charge is 2.10. The fourth-order valence-corrected chi connectivity index (χ4v) is 3.84. The highest BCUT2D eigenvalue weighted by molar-refractivity contribution is 4.84. The Morgan fingerprint density at radius 1 is 0.452 bits per heavy atom. The second-order valence-electron chi connectivity index (χ2n) is 8.11. The van der Waals surface area contributed by atoms with Crippen molar-refractivity contribution in [3.05, 3.63) is 98.6 Å². The van der Waals surface area contributed by atoms with Crippen molar-refractivity contribution < 1.29 is 18.3 Å². The molecular formula is C25H34N6+4. The molecule has 0 atom stereocenters. The summed E-state index contributed by atoms with van der Waals surface area (Å²) in [7, 11) is 0. The van der Waals surface area contributed by atoms with E-state index in [0.717, 1.165) is 32.8 Å². The molecule has 31 heavy (non-hydrogen) atoms. The largest absolute Gasteiger partial charge is 0.246 e. The Balaban J connectivity index is 1.15. The van der Waals surface area contributed by atoms with Crippen LogP contribution in [0.3, 0.4) is 0 Å². The first-order valence-corrected chi connectivity index (χ1v) is 11.3. The summed E-state index contributed by atoms with van der Waals surface area (Å²) in [6, 6.07) is 12.5. The molecule has 0 unspecified atom stereocenters. The second kappa shape index (κ2) is 11.2. The summed E-state index contributed by atoms with van der Waals surface area (Å²) in [6.45, 7) is 5.13. The third-order valence-corrected chi connectivity index (χ3v) is 5.54. The Morgan fingerprint density at radius 3 is 1.35 bits per heavy atom. The van der Waals surface area contributed by atoms with Crippen LogP contribution in [0.5, 0.6) is 0 Å². The molecule has 6 heteroatoms. The third kappa shape index (κ3) is 6.88. The van der Waals surface area contributed by atoms with E-state index in [1.807, 2.05) is 0 Å². The third-order valence-electron chi connectivity index (χ3n) is 5.54. The molecule has 0 saturated heterocycles. The molecular weight excluding hydrogens is 384 g/mol.